The lowest BCUT2D eigenvalue weighted by Crippen LogP contribution is -2.66. The number of carboxylic acid groups (broad SMARTS) is 12. The van der Waals surface area contributed by atoms with E-state index in [0.29, 0.717) is 0 Å². The van der Waals surface area contributed by atoms with Gasteiger partial charge in [0.1, 0.15) is 30.5 Å². The highest BCUT2D eigenvalue weighted by Gasteiger charge is 2.49. The molecule has 0 radical (unpaired) electrons. The fourth-order valence-electron chi connectivity index (χ4n) is 13.1. The largest absolute Gasteiger partial charge is 0.480 e. The number of carbonyl (C=O) groups is 14. The molecule has 51 heteroatoms. The van der Waals surface area contributed by atoms with Gasteiger partial charge in [-0.25, -0.2) is 0 Å². The summed E-state index contributed by atoms with van der Waals surface area (Å²) in [5.74, 6) is -21.8. The Bertz CT molecular complexity index is 3160. The standard InChI is InChI=1S/C67H114N12O39/c1-39(16-76(26-57(101)102)12-8-71(19-50(87)88)4-2-6-74(22-53(93)94)23-54(95)96)68-42(31-80)64(111)40(43(84)32-81)35-115-37-46-62(69-48(85)17-77(27-58(103)104)13-9-72(20-51(89)90)5-3-7-75(24-55(97)98)25-56(99)100)65(112)41(44(33-82)117-46)36-116-38-47-63(67(114)66(113)45(34-83)118-47)70-49(86)18-78(28-59(105)106)14-10-73(21-52(91)92)11-15-79(29-60(107)108)30-61(109)110/h40-47,62-68,80-84,111-114H,1-38H2,(H,69,85)(H,70,86)(H,87,88)(H,89,90)(H,91,92)(H,93,94)(H,95,96)(H,97,98)(H,99,100)(H,101,102)(H,103,104)(H,105,106)(H,107,108)(H,109,110)/t40?,41?,42-,43+,44+,45+,46-,47-,62-,63-,64-,65-,66+,67+/m0/s1. The van der Waals surface area contributed by atoms with Crippen molar-refractivity contribution >= 4 is 83.4 Å². The molecule has 2 aliphatic heterocycles. The van der Waals surface area contributed by atoms with Crippen molar-refractivity contribution in [3.05, 3.63) is 12.3 Å². The van der Waals surface area contributed by atoms with Gasteiger partial charge in [-0.15, -0.1) is 0 Å². The molecule has 2 heterocycles. The van der Waals surface area contributed by atoms with E-state index in [1.807, 2.05) is 0 Å². The molecule has 24 N–H and O–H groups in total. The van der Waals surface area contributed by atoms with E-state index in [1.165, 1.54) is 19.6 Å². The van der Waals surface area contributed by atoms with Gasteiger partial charge >= 0.3 is 71.6 Å². The average molecular weight is 1710 g/mol. The van der Waals surface area contributed by atoms with Crippen LogP contribution in [-0.2, 0) is 86.1 Å². The number of amides is 2. The Hall–Kier alpha value is -8.76. The molecular weight excluding hydrogens is 1600 g/mol. The molecule has 2 fully saturated rings. The van der Waals surface area contributed by atoms with E-state index >= 15 is 0 Å². The van der Waals surface area contributed by atoms with Crippen LogP contribution in [0.5, 0.6) is 0 Å². The van der Waals surface area contributed by atoms with Crippen LogP contribution in [0.1, 0.15) is 12.8 Å². The number of nitrogens with zero attached hydrogens (tertiary/aromatic N) is 9. The molecule has 2 saturated heterocycles. The normalized spacial score (nSPS) is 20.6. The number of ether oxygens (including phenoxy) is 4. The lowest BCUT2D eigenvalue weighted by Gasteiger charge is -2.45. The van der Waals surface area contributed by atoms with Crippen LogP contribution in [0.15, 0.2) is 12.3 Å². The van der Waals surface area contributed by atoms with Gasteiger partial charge < -0.3 is 142 Å². The van der Waals surface area contributed by atoms with Gasteiger partial charge in [0.25, 0.3) is 0 Å². The highest BCUT2D eigenvalue weighted by atomic mass is 16.6. The zero-order valence-electron chi connectivity index (χ0n) is 64.7. The predicted octanol–water partition coefficient (Wildman–Crippen LogP) is -13.5. The Morgan fingerprint density at radius 3 is 0.966 bits per heavy atom. The molecule has 676 valence electrons. The Kier molecular flexibility index (Phi) is 49.9. The SMILES string of the molecule is C=C(CN(CCN(CCCN(CC(=O)O)CC(=O)O)CC(=O)O)CC(=O)O)N[C@@H](CO)[C@@H](O)C(COC[C@@H]1O[C@H](CO)C(COC[C@@H]2O[C@H](CO)[C@@H](O)[C@H](O)[C@H]2NC(=O)CN(CCN(CCN(CC(=O)O)CC(=O)O)CC(=O)O)CC(=O)O)[C@H](O)[C@H]1NC(=O)CN(CCN(CCCN(CC(=O)O)CC(=O)O)CC(=O)O)CC(=O)O)[C@H](O)CO. The maximum absolute atomic E-state index is 14.4. The maximum atomic E-state index is 14.4. The van der Waals surface area contributed by atoms with Gasteiger partial charge in [-0.1, -0.05) is 6.58 Å². The van der Waals surface area contributed by atoms with Crippen molar-refractivity contribution < 1.29 is 193 Å². The zero-order chi connectivity index (χ0) is 89.1. The molecule has 0 aliphatic carbocycles. The number of aliphatic carboxylic acids is 12. The van der Waals surface area contributed by atoms with E-state index in [9.17, 15) is 174 Å². The molecule has 0 spiro atoms. The quantitative estimate of drug-likeness (QED) is 0.0269. The van der Waals surface area contributed by atoms with Crippen molar-refractivity contribution in [2.45, 2.75) is 85.9 Å². The van der Waals surface area contributed by atoms with Gasteiger partial charge in [0.15, 0.2) is 0 Å². The third kappa shape index (κ3) is 43.3. The highest BCUT2D eigenvalue weighted by molar-refractivity contribution is 5.80. The number of aliphatic hydroxyl groups is 9. The number of nitrogens with one attached hydrogen (secondary N) is 3. The minimum Gasteiger partial charge on any atom is -0.480 e. The molecule has 2 amide bonds. The van der Waals surface area contributed by atoms with Crippen LogP contribution in [-0.4, -0.2) is 537 Å². The molecule has 0 bridgehead atoms. The van der Waals surface area contributed by atoms with E-state index in [2.05, 4.69) is 22.5 Å². The number of hydrogen-bond donors (Lipinski definition) is 24. The first-order valence-electron chi connectivity index (χ1n) is 36.9. The Morgan fingerprint density at radius 2 is 0.627 bits per heavy atom. The fraction of sp³-hybridized carbons (Fsp3) is 0.761. The van der Waals surface area contributed by atoms with E-state index < -0.39 is 313 Å². The van der Waals surface area contributed by atoms with Crippen LogP contribution in [0.2, 0.25) is 0 Å². The minimum absolute atomic E-state index is 0.00109. The first kappa shape index (κ1) is 105. The van der Waals surface area contributed by atoms with Crippen LogP contribution in [0, 0.1) is 11.8 Å². The molecule has 0 aromatic rings. The summed E-state index contributed by atoms with van der Waals surface area (Å²) in [5, 5.41) is 222. The second-order valence-corrected chi connectivity index (χ2v) is 28.2. The van der Waals surface area contributed by atoms with Gasteiger partial charge in [-0.3, -0.25) is 111 Å². The van der Waals surface area contributed by atoms with Gasteiger partial charge in [0, 0.05) is 103 Å². The highest BCUT2D eigenvalue weighted by Crippen LogP contribution is 2.29. The summed E-state index contributed by atoms with van der Waals surface area (Å²) in [6.07, 6.45) is -15.9. The van der Waals surface area contributed by atoms with Crippen LogP contribution in [0.3, 0.4) is 0 Å². The monoisotopic (exact) mass is 1710 g/mol. The molecule has 118 heavy (non-hydrogen) atoms. The van der Waals surface area contributed by atoms with E-state index in [4.69, 9.17) is 18.9 Å². The van der Waals surface area contributed by atoms with Gasteiger partial charge in [0.05, 0.1) is 187 Å². The third-order valence-electron chi connectivity index (χ3n) is 18.5. The summed E-state index contributed by atoms with van der Waals surface area (Å²) in [5.41, 5.74) is -0.0757. The molecule has 2 unspecified atom stereocenters. The molecule has 0 aromatic carbocycles. The van der Waals surface area contributed by atoms with Gasteiger partial charge in [-0.05, 0) is 12.8 Å². The molecule has 0 saturated carbocycles. The van der Waals surface area contributed by atoms with Crippen molar-refractivity contribution in [3.8, 4) is 0 Å². The summed E-state index contributed by atoms with van der Waals surface area (Å²) in [4.78, 5) is 179. The molecule has 2 rings (SSSR count). The number of hydrogen-bond acceptors (Lipinski definition) is 37. The van der Waals surface area contributed by atoms with Crippen LogP contribution in [0.4, 0.5) is 0 Å². The smallest absolute Gasteiger partial charge is 0.317 e. The van der Waals surface area contributed by atoms with Crippen molar-refractivity contribution in [3.63, 3.8) is 0 Å². The summed E-state index contributed by atoms with van der Waals surface area (Å²) < 4.78 is 24.1. The summed E-state index contributed by atoms with van der Waals surface area (Å²) >= 11 is 0. The lowest BCUT2D eigenvalue weighted by molar-refractivity contribution is -0.217. The topological polar surface area (TPSA) is 766 Å². The summed E-state index contributed by atoms with van der Waals surface area (Å²) in [6.45, 7) is -16.2. The number of aliphatic hydroxyl groups excluding tert-OH is 9. The summed E-state index contributed by atoms with van der Waals surface area (Å²) in [7, 11) is 0. The van der Waals surface area contributed by atoms with Gasteiger partial charge in [0.2, 0.25) is 11.8 Å². The first-order valence-corrected chi connectivity index (χ1v) is 36.9. The molecule has 2 aliphatic rings. The minimum atomic E-state index is -2.00. The fourth-order valence-corrected chi connectivity index (χ4v) is 13.1. The van der Waals surface area contributed by atoms with E-state index in [0.717, 1.165) is 24.5 Å². The second-order valence-electron chi connectivity index (χ2n) is 28.2. The Balaban J connectivity index is 2.59. The predicted molar refractivity (Wildman–Crippen MR) is 393 cm³/mol. The molecule has 14 atom stereocenters. The van der Waals surface area contributed by atoms with E-state index in [1.54, 1.807) is 0 Å². The van der Waals surface area contributed by atoms with Crippen molar-refractivity contribution in [2.24, 2.45) is 11.8 Å². The van der Waals surface area contributed by atoms with Crippen LogP contribution < -0.4 is 16.0 Å². The van der Waals surface area contributed by atoms with E-state index in [-0.39, 0.29) is 104 Å². The summed E-state index contributed by atoms with van der Waals surface area (Å²) in [6, 6.07) is -4.95. The first-order chi connectivity index (χ1) is 55.5. The Morgan fingerprint density at radius 1 is 0.339 bits per heavy atom. The van der Waals surface area contributed by atoms with Crippen LogP contribution in [0.25, 0.3) is 0 Å². The molecule has 51 nitrogen and oxygen atoms in total. The van der Waals surface area contributed by atoms with Gasteiger partial charge in [-0.2, -0.15) is 0 Å². The molecular formula is C67H114N12O39. The maximum Gasteiger partial charge on any atom is 0.317 e. The number of rotatable bonds is 69. The number of carbonyl (C=O) groups excluding carboxylic acids is 2. The third-order valence-corrected chi connectivity index (χ3v) is 18.5. The average Bonchev–Trinajstić information content (AvgIpc) is 0.792. The number of carboxylic acids is 12. The Labute approximate surface area is 674 Å². The zero-order valence-corrected chi connectivity index (χ0v) is 64.7. The van der Waals surface area contributed by atoms with Crippen molar-refractivity contribution in [1.29, 1.82) is 0 Å². The van der Waals surface area contributed by atoms with Crippen molar-refractivity contribution in [2.75, 3.05) is 230 Å². The van der Waals surface area contributed by atoms with Crippen LogP contribution >= 0.6 is 0 Å². The van der Waals surface area contributed by atoms with Crippen molar-refractivity contribution in [1.82, 2.24) is 60.0 Å². The second kappa shape index (κ2) is 55.9. The lowest BCUT2D eigenvalue weighted by atomic mass is 9.85. The molecule has 0 aromatic heterocycles.